The molecule has 1 rings (SSSR count). The second kappa shape index (κ2) is 6.20. The monoisotopic (exact) mass is 300 g/mol. The van der Waals surface area contributed by atoms with Crippen LogP contribution in [0.3, 0.4) is 0 Å². The third-order valence-corrected chi connectivity index (χ3v) is 3.43. The van der Waals surface area contributed by atoms with Gasteiger partial charge >= 0.3 is 6.18 Å². The topological polar surface area (TPSA) is 17.1 Å². The minimum absolute atomic E-state index is 0.0259. The minimum atomic E-state index is -4.42. The molecule has 0 spiro atoms. The lowest BCUT2D eigenvalue weighted by atomic mass is 9.82. The van der Waals surface area contributed by atoms with Crippen LogP contribution in [0, 0.1) is 18.3 Å². The van der Waals surface area contributed by atoms with Crippen LogP contribution in [0.25, 0.3) is 0 Å². The van der Waals surface area contributed by atoms with E-state index in [1.807, 2.05) is 6.92 Å². The number of alkyl halides is 3. The highest BCUT2D eigenvalue weighted by Crippen LogP contribution is 2.34. The van der Waals surface area contributed by atoms with Gasteiger partial charge in [0.2, 0.25) is 0 Å². The van der Waals surface area contributed by atoms with Gasteiger partial charge in [0.05, 0.1) is 5.56 Å². The number of carbonyl (C=O) groups is 1. The molecule has 0 saturated carbocycles. The molecule has 0 aliphatic rings. The van der Waals surface area contributed by atoms with E-state index in [1.54, 1.807) is 0 Å². The van der Waals surface area contributed by atoms with E-state index in [1.165, 1.54) is 19.1 Å². The van der Waals surface area contributed by atoms with Crippen LogP contribution in [-0.2, 0) is 6.18 Å². The average molecular weight is 300 g/mol. The van der Waals surface area contributed by atoms with E-state index >= 15 is 0 Å². The molecule has 0 fully saturated rings. The molecule has 0 N–H and O–H groups in total. The van der Waals surface area contributed by atoms with Gasteiger partial charge < -0.3 is 0 Å². The predicted molar refractivity (Wildman–Crippen MR) is 78.4 cm³/mol. The van der Waals surface area contributed by atoms with E-state index in [0.29, 0.717) is 0 Å². The Labute approximate surface area is 124 Å². The lowest BCUT2D eigenvalue weighted by Gasteiger charge is -2.23. The fourth-order valence-electron chi connectivity index (χ4n) is 2.79. The molecule has 4 heteroatoms. The first-order chi connectivity index (χ1) is 9.42. The van der Waals surface area contributed by atoms with Crippen LogP contribution in [0.4, 0.5) is 13.2 Å². The van der Waals surface area contributed by atoms with E-state index in [0.717, 1.165) is 12.5 Å². The SMILES string of the molecule is Cc1c(C(=O)CC(C)CC(C)(C)C)cccc1C(F)(F)F. The third kappa shape index (κ3) is 5.18. The normalized spacial score (nSPS) is 14.1. The van der Waals surface area contributed by atoms with Gasteiger partial charge in [-0.2, -0.15) is 13.2 Å². The van der Waals surface area contributed by atoms with Gasteiger partial charge in [-0.15, -0.1) is 0 Å². The van der Waals surface area contributed by atoms with Crippen LogP contribution < -0.4 is 0 Å². The van der Waals surface area contributed by atoms with Crippen molar-refractivity contribution in [2.45, 2.75) is 53.6 Å². The molecule has 1 unspecified atom stereocenters. The van der Waals surface area contributed by atoms with Crippen LogP contribution in [0.1, 0.15) is 62.0 Å². The molecule has 1 aromatic rings. The highest BCUT2D eigenvalue weighted by Gasteiger charge is 2.33. The third-order valence-electron chi connectivity index (χ3n) is 3.43. The van der Waals surface area contributed by atoms with Crippen LogP contribution >= 0.6 is 0 Å². The second-order valence-corrected chi connectivity index (χ2v) is 6.97. The zero-order chi connectivity index (χ0) is 16.4. The van der Waals surface area contributed by atoms with Crippen LogP contribution in [0.2, 0.25) is 0 Å². The lowest BCUT2D eigenvalue weighted by molar-refractivity contribution is -0.138. The lowest BCUT2D eigenvalue weighted by Crippen LogP contribution is -2.16. The number of Topliss-reactive ketones (excluding diaryl/α,β-unsaturated/α-hetero) is 1. The quantitative estimate of drug-likeness (QED) is 0.656. The van der Waals surface area contributed by atoms with E-state index in [-0.39, 0.29) is 34.7 Å². The Morgan fingerprint density at radius 1 is 1.19 bits per heavy atom. The van der Waals surface area contributed by atoms with Crippen molar-refractivity contribution in [3.05, 3.63) is 34.9 Å². The van der Waals surface area contributed by atoms with Gasteiger partial charge in [0.1, 0.15) is 0 Å². The van der Waals surface area contributed by atoms with Crippen molar-refractivity contribution in [3.63, 3.8) is 0 Å². The molecule has 21 heavy (non-hydrogen) atoms. The molecule has 0 aromatic heterocycles. The molecule has 1 nitrogen and oxygen atoms in total. The van der Waals surface area contributed by atoms with Gasteiger partial charge in [-0.05, 0) is 36.3 Å². The fraction of sp³-hybridized carbons (Fsp3) is 0.588. The Hall–Kier alpha value is -1.32. The molecule has 0 bridgehead atoms. The number of carbonyl (C=O) groups excluding carboxylic acids is 1. The molecular formula is C17H23F3O. The molecule has 118 valence electrons. The zero-order valence-electron chi connectivity index (χ0n) is 13.3. The number of rotatable bonds is 4. The van der Waals surface area contributed by atoms with Crippen LogP contribution in [0.5, 0.6) is 0 Å². The Morgan fingerprint density at radius 2 is 1.76 bits per heavy atom. The molecule has 0 heterocycles. The number of halogens is 3. The van der Waals surface area contributed by atoms with Gasteiger partial charge in [-0.3, -0.25) is 4.79 Å². The molecule has 1 atom stereocenters. The van der Waals surface area contributed by atoms with E-state index in [2.05, 4.69) is 20.8 Å². The molecule has 0 aliphatic carbocycles. The highest BCUT2D eigenvalue weighted by atomic mass is 19.4. The number of hydrogen-bond donors (Lipinski definition) is 0. The molecule has 0 aliphatic heterocycles. The number of ketones is 1. The smallest absolute Gasteiger partial charge is 0.294 e. The van der Waals surface area contributed by atoms with Crippen molar-refractivity contribution in [3.8, 4) is 0 Å². The van der Waals surface area contributed by atoms with Gasteiger partial charge in [0, 0.05) is 12.0 Å². The van der Waals surface area contributed by atoms with Gasteiger partial charge in [-0.25, -0.2) is 0 Å². The van der Waals surface area contributed by atoms with Crippen molar-refractivity contribution < 1.29 is 18.0 Å². The zero-order valence-corrected chi connectivity index (χ0v) is 13.3. The van der Waals surface area contributed by atoms with Gasteiger partial charge in [0.25, 0.3) is 0 Å². The maximum Gasteiger partial charge on any atom is 0.416 e. The molecular weight excluding hydrogens is 277 g/mol. The van der Waals surface area contributed by atoms with Crippen molar-refractivity contribution in [2.24, 2.45) is 11.3 Å². The predicted octanol–water partition coefficient (Wildman–Crippen LogP) is 5.66. The average Bonchev–Trinajstić information content (AvgIpc) is 2.24. The summed E-state index contributed by atoms with van der Waals surface area (Å²) in [5, 5.41) is 0. The van der Waals surface area contributed by atoms with Crippen molar-refractivity contribution in [1.29, 1.82) is 0 Å². The Kier molecular flexibility index (Phi) is 5.24. The maximum absolute atomic E-state index is 12.9. The summed E-state index contributed by atoms with van der Waals surface area (Å²) in [6.45, 7) is 9.59. The number of benzene rings is 1. The maximum atomic E-state index is 12.9. The standard InChI is InChI=1S/C17H23F3O/c1-11(10-16(3,4)5)9-15(21)13-7-6-8-14(12(13)2)17(18,19)20/h6-8,11H,9-10H2,1-5H3. The summed E-state index contributed by atoms with van der Waals surface area (Å²) in [7, 11) is 0. The van der Waals surface area contributed by atoms with Crippen molar-refractivity contribution >= 4 is 5.78 Å². The molecule has 0 amide bonds. The molecule has 0 radical (unpaired) electrons. The Morgan fingerprint density at radius 3 is 2.24 bits per heavy atom. The Bertz CT molecular complexity index is 510. The first kappa shape index (κ1) is 17.7. The minimum Gasteiger partial charge on any atom is -0.294 e. The van der Waals surface area contributed by atoms with Crippen molar-refractivity contribution in [2.75, 3.05) is 0 Å². The first-order valence-corrected chi connectivity index (χ1v) is 7.12. The number of hydrogen-bond acceptors (Lipinski definition) is 1. The van der Waals surface area contributed by atoms with E-state index in [4.69, 9.17) is 0 Å². The van der Waals surface area contributed by atoms with Gasteiger partial charge in [-0.1, -0.05) is 39.8 Å². The summed E-state index contributed by atoms with van der Waals surface area (Å²) in [4.78, 5) is 12.3. The summed E-state index contributed by atoms with van der Waals surface area (Å²) >= 11 is 0. The van der Waals surface area contributed by atoms with Crippen molar-refractivity contribution in [1.82, 2.24) is 0 Å². The van der Waals surface area contributed by atoms with E-state index < -0.39 is 11.7 Å². The van der Waals surface area contributed by atoms with Gasteiger partial charge in [0.15, 0.2) is 5.78 Å². The fourth-order valence-corrected chi connectivity index (χ4v) is 2.79. The summed E-state index contributed by atoms with van der Waals surface area (Å²) in [5.74, 6) is -0.0678. The van der Waals surface area contributed by atoms with Crippen LogP contribution in [-0.4, -0.2) is 5.78 Å². The first-order valence-electron chi connectivity index (χ1n) is 7.12. The van der Waals surface area contributed by atoms with Crippen LogP contribution in [0.15, 0.2) is 18.2 Å². The highest BCUT2D eigenvalue weighted by molar-refractivity contribution is 5.97. The van der Waals surface area contributed by atoms with E-state index in [9.17, 15) is 18.0 Å². The summed E-state index contributed by atoms with van der Waals surface area (Å²) in [6, 6.07) is 3.80. The Balaban J connectivity index is 2.94. The summed E-state index contributed by atoms with van der Waals surface area (Å²) in [5.41, 5.74) is -0.414. The largest absolute Gasteiger partial charge is 0.416 e. The summed E-state index contributed by atoms with van der Waals surface area (Å²) in [6.07, 6.45) is -3.28. The second-order valence-electron chi connectivity index (χ2n) is 6.97. The molecule has 0 saturated heterocycles. The molecule has 1 aromatic carbocycles. The summed E-state index contributed by atoms with van der Waals surface area (Å²) < 4.78 is 38.6.